The number of nitrogens with one attached hydrogen (secondary N) is 2. The number of halogens is 2. The van der Waals surface area contributed by atoms with E-state index in [1.165, 1.54) is 6.07 Å². The monoisotopic (exact) mass is 479 g/mol. The highest BCUT2D eigenvalue weighted by Crippen LogP contribution is 2.35. The number of hydrogen-bond acceptors (Lipinski definition) is 7. The van der Waals surface area contributed by atoms with Crippen molar-refractivity contribution in [1.82, 2.24) is 20.3 Å². The molecule has 2 N–H and O–H groups in total. The molecule has 0 unspecified atom stereocenters. The molecule has 1 fully saturated rings. The highest BCUT2D eigenvalue weighted by Gasteiger charge is 2.24. The Hall–Kier alpha value is -3.33. The molecular formula is C26H31F2N7. The Bertz CT molecular complexity index is 1180. The van der Waals surface area contributed by atoms with Gasteiger partial charge in [-0.05, 0) is 63.9 Å². The molecule has 0 atom stereocenters. The third-order valence-electron chi connectivity index (χ3n) is 6.64. The Labute approximate surface area is 204 Å². The molecule has 184 valence electrons. The Balaban J connectivity index is 1.40. The van der Waals surface area contributed by atoms with Gasteiger partial charge in [0.15, 0.2) is 5.82 Å². The van der Waals surface area contributed by atoms with E-state index in [1.807, 2.05) is 24.4 Å². The van der Waals surface area contributed by atoms with Crippen LogP contribution in [-0.4, -0.2) is 53.7 Å². The van der Waals surface area contributed by atoms with Crippen molar-refractivity contribution in [1.29, 1.82) is 0 Å². The number of aromatic nitrogens is 3. The van der Waals surface area contributed by atoms with Gasteiger partial charge in [0, 0.05) is 49.0 Å². The molecule has 0 bridgehead atoms. The number of hydrogen-bond donors (Lipinski definition) is 2. The molecule has 0 aliphatic carbocycles. The van der Waals surface area contributed by atoms with Crippen LogP contribution in [0.25, 0.3) is 11.3 Å². The lowest BCUT2D eigenvalue weighted by molar-refractivity contribution is 0.572. The summed E-state index contributed by atoms with van der Waals surface area (Å²) in [5, 5.41) is 6.45. The Morgan fingerprint density at radius 2 is 1.86 bits per heavy atom. The number of fused-ring (bicyclic) bond motifs is 1. The molecule has 35 heavy (non-hydrogen) atoms. The number of rotatable bonds is 5. The smallest absolute Gasteiger partial charge is 0.229 e. The molecule has 0 spiro atoms. The van der Waals surface area contributed by atoms with Gasteiger partial charge in [0.2, 0.25) is 5.95 Å². The number of anilines is 4. The molecule has 2 aliphatic rings. The Morgan fingerprint density at radius 3 is 2.66 bits per heavy atom. The van der Waals surface area contributed by atoms with Crippen molar-refractivity contribution in [3.05, 3.63) is 53.9 Å². The molecule has 1 aromatic carbocycles. The topological polar surface area (TPSA) is 69.2 Å². The molecule has 0 saturated carbocycles. The maximum Gasteiger partial charge on any atom is 0.229 e. The Kier molecular flexibility index (Phi) is 6.77. The number of nitrogens with zero attached hydrogens (tertiary/aromatic N) is 5. The first-order valence-corrected chi connectivity index (χ1v) is 12.3. The van der Waals surface area contributed by atoms with Crippen molar-refractivity contribution in [2.75, 3.05) is 47.8 Å². The first kappa shape index (κ1) is 23.4. The predicted octanol–water partition coefficient (Wildman–Crippen LogP) is 4.52. The molecule has 1 saturated heterocycles. The van der Waals surface area contributed by atoms with Gasteiger partial charge in [0.05, 0.1) is 18.1 Å². The van der Waals surface area contributed by atoms with Gasteiger partial charge < -0.3 is 20.4 Å². The van der Waals surface area contributed by atoms with Crippen molar-refractivity contribution in [3.63, 3.8) is 0 Å². The van der Waals surface area contributed by atoms with E-state index in [0.29, 0.717) is 23.4 Å². The van der Waals surface area contributed by atoms with Crippen LogP contribution in [-0.2, 0) is 6.42 Å². The van der Waals surface area contributed by atoms with E-state index in [1.54, 1.807) is 0 Å². The predicted molar refractivity (Wildman–Crippen MR) is 135 cm³/mol. The van der Waals surface area contributed by atoms with Crippen molar-refractivity contribution in [2.45, 2.75) is 39.2 Å². The van der Waals surface area contributed by atoms with Gasteiger partial charge in [-0.15, -0.1) is 0 Å². The minimum Gasteiger partial charge on any atom is -0.369 e. The maximum absolute atomic E-state index is 15.0. The van der Waals surface area contributed by atoms with Crippen LogP contribution in [0.15, 0.2) is 36.7 Å². The maximum atomic E-state index is 15.0. The van der Waals surface area contributed by atoms with Crippen LogP contribution in [0.4, 0.5) is 31.9 Å². The van der Waals surface area contributed by atoms with Gasteiger partial charge in [-0.2, -0.15) is 0 Å². The van der Waals surface area contributed by atoms with Crippen LogP contribution in [0.3, 0.4) is 0 Å². The van der Waals surface area contributed by atoms with Crippen LogP contribution in [0, 0.1) is 11.6 Å². The summed E-state index contributed by atoms with van der Waals surface area (Å²) in [6.45, 7) is 8.90. The summed E-state index contributed by atoms with van der Waals surface area (Å²) in [7, 11) is 0. The van der Waals surface area contributed by atoms with Gasteiger partial charge in [0.25, 0.3) is 0 Å². The summed E-state index contributed by atoms with van der Waals surface area (Å²) in [6.07, 6.45) is 5.60. The lowest BCUT2D eigenvalue weighted by atomic mass is 9.96. The third kappa shape index (κ3) is 5.05. The molecule has 4 heterocycles. The highest BCUT2D eigenvalue weighted by atomic mass is 19.1. The summed E-state index contributed by atoms with van der Waals surface area (Å²) >= 11 is 0. The van der Waals surface area contributed by atoms with E-state index in [4.69, 9.17) is 0 Å². The first-order valence-electron chi connectivity index (χ1n) is 12.3. The van der Waals surface area contributed by atoms with Crippen LogP contribution in [0.2, 0.25) is 0 Å². The Morgan fingerprint density at radius 1 is 0.971 bits per heavy atom. The molecule has 9 heteroatoms. The minimum absolute atomic E-state index is 0.0622. The summed E-state index contributed by atoms with van der Waals surface area (Å²) in [6, 6.07) is 7.30. The van der Waals surface area contributed by atoms with Crippen molar-refractivity contribution >= 4 is 23.1 Å². The van der Waals surface area contributed by atoms with Crippen LogP contribution < -0.4 is 20.4 Å². The van der Waals surface area contributed by atoms with Gasteiger partial charge in [-0.3, -0.25) is 0 Å². The van der Waals surface area contributed by atoms with E-state index in [0.717, 1.165) is 63.1 Å². The van der Waals surface area contributed by atoms with E-state index < -0.39 is 5.82 Å². The summed E-state index contributed by atoms with van der Waals surface area (Å²) in [4.78, 5) is 17.4. The minimum atomic E-state index is -0.597. The summed E-state index contributed by atoms with van der Waals surface area (Å²) in [5.74, 6) is -0.155. The zero-order valence-electron chi connectivity index (χ0n) is 20.2. The van der Waals surface area contributed by atoms with E-state index in [9.17, 15) is 4.39 Å². The largest absolute Gasteiger partial charge is 0.369 e. The van der Waals surface area contributed by atoms with Gasteiger partial charge in [-0.25, -0.2) is 23.7 Å². The average molecular weight is 480 g/mol. The van der Waals surface area contributed by atoms with E-state index in [-0.39, 0.29) is 23.5 Å². The average Bonchev–Trinajstić information content (AvgIpc) is 3.15. The molecule has 7 nitrogen and oxygen atoms in total. The molecule has 2 aliphatic heterocycles. The SMILES string of the molecule is CC(C)N1CCCc2c(F)cc(-c3nc(Nc4ccc(N5CCCNCC5)cn4)ncc3F)cc21. The standard InChI is InChI=1S/C26H31F2N7/c1-17(2)35-11-3-5-20-21(27)13-18(14-23(20)35)25-22(28)16-31-26(33-25)32-24-7-6-19(15-30-24)34-10-4-8-29-9-12-34/h6-7,13-17,29H,3-5,8-12H2,1-2H3,(H,30,31,32,33). The molecule has 0 amide bonds. The lowest BCUT2D eigenvalue weighted by Gasteiger charge is -2.35. The van der Waals surface area contributed by atoms with Gasteiger partial charge in [-0.1, -0.05) is 0 Å². The first-order chi connectivity index (χ1) is 17.0. The van der Waals surface area contributed by atoms with E-state index in [2.05, 4.69) is 49.2 Å². The van der Waals surface area contributed by atoms with Crippen LogP contribution >= 0.6 is 0 Å². The summed E-state index contributed by atoms with van der Waals surface area (Å²) in [5.41, 5.74) is 3.02. The molecule has 0 radical (unpaired) electrons. The zero-order chi connectivity index (χ0) is 24.4. The van der Waals surface area contributed by atoms with Crippen molar-refractivity contribution in [3.8, 4) is 11.3 Å². The van der Waals surface area contributed by atoms with Crippen molar-refractivity contribution < 1.29 is 8.78 Å². The second-order valence-corrected chi connectivity index (χ2v) is 9.35. The van der Waals surface area contributed by atoms with Crippen LogP contribution in [0.1, 0.15) is 32.3 Å². The lowest BCUT2D eigenvalue weighted by Crippen LogP contribution is -2.35. The van der Waals surface area contributed by atoms with E-state index >= 15 is 4.39 Å². The fourth-order valence-electron chi connectivity index (χ4n) is 4.84. The normalized spacial score (nSPS) is 16.3. The van der Waals surface area contributed by atoms with Crippen molar-refractivity contribution in [2.24, 2.45) is 0 Å². The summed E-state index contributed by atoms with van der Waals surface area (Å²) < 4.78 is 29.8. The third-order valence-corrected chi connectivity index (χ3v) is 6.64. The molecule has 2 aromatic heterocycles. The van der Waals surface area contributed by atoms with Gasteiger partial charge >= 0.3 is 0 Å². The molecular weight excluding hydrogens is 448 g/mol. The number of pyridine rings is 1. The second kappa shape index (κ2) is 10.1. The number of benzene rings is 1. The fraction of sp³-hybridized carbons (Fsp3) is 0.423. The quantitative estimate of drug-likeness (QED) is 0.558. The van der Waals surface area contributed by atoms with Gasteiger partial charge in [0.1, 0.15) is 17.3 Å². The highest BCUT2D eigenvalue weighted by molar-refractivity contribution is 5.71. The molecule has 3 aromatic rings. The zero-order valence-corrected chi connectivity index (χ0v) is 20.2. The fourth-order valence-corrected chi connectivity index (χ4v) is 4.84. The second-order valence-electron chi connectivity index (χ2n) is 9.35. The van der Waals surface area contributed by atoms with Crippen LogP contribution in [0.5, 0.6) is 0 Å². The molecule has 5 rings (SSSR count).